The minimum atomic E-state index is -3.40. The first-order chi connectivity index (χ1) is 12.0. The van der Waals surface area contributed by atoms with Gasteiger partial charge in [-0.3, -0.25) is 0 Å². The van der Waals surface area contributed by atoms with Crippen molar-refractivity contribution in [1.29, 1.82) is 0 Å². The summed E-state index contributed by atoms with van der Waals surface area (Å²) in [7, 11) is -1.97. The molecule has 1 aliphatic heterocycles. The van der Waals surface area contributed by atoms with E-state index in [-0.39, 0.29) is 0 Å². The molecule has 1 N–H and O–H groups in total. The van der Waals surface area contributed by atoms with Gasteiger partial charge >= 0.3 is 0 Å². The Morgan fingerprint density at radius 2 is 2.12 bits per heavy atom. The van der Waals surface area contributed by atoms with Gasteiger partial charge in [0.1, 0.15) is 5.65 Å². The largest absolute Gasteiger partial charge is 0.365 e. The van der Waals surface area contributed by atoms with E-state index in [4.69, 9.17) is 0 Å². The van der Waals surface area contributed by atoms with E-state index in [9.17, 15) is 8.42 Å². The molecule has 0 saturated carbocycles. The SMILES string of the molecule is CNS(=O)(=O)c1ccc2c(c1)CCN2Cc1cnc2c(C)cccn12. The van der Waals surface area contributed by atoms with Gasteiger partial charge in [0.25, 0.3) is 0 Å². The van der Waals surface area contributed by atoms with Gasteiger partial charge in [0.15, 0.2) is 0 Å². The quantitative estimate of drug-likeness (QED) is 0.778. The van der Waals surface area contributed by atoms with Crippen LogP contribution in [0.2, 0.25) is 0 Å². The second-order valence-corrected chi connectivity index (χ2v) is 8.19. The highest BCUT2D eigenvalue weighted by atomic mass is 32.2. The molecule has 0 aliphatic carbocycles. The number of anilines is 1. The van der Waals surface area contributed by atoms with Crippen molar-refractivity contribution in [2.24, 2.45) is 0 Å². The van der Waals surface area contributed by atoms with Crippen LogP contribution in [-0.2, 0) is 23.0 Å². The van der Waals surface area contributed by atoms with Crippen LogP contribution in [0, 0.1) is 6.92 Å². The number of imidazole rings is 1. The fraction of sp³-hybridized carbons (Fsp3) is 0.278. The Labute approximate surface area is 147 Å². The third-order valence-electron chi connectivity index (χ3n) is 4.78. The van der Waals surface area contributed by atoms with E-state index in [1.807, 2.05) is 24.5 Å². The van der Waals surface area contributed by atoms with Gasteiger partial charge in [0.05, 0.1) is 23.3 Å². The van der Waals surface area contributed by atoms with E-state index >= 15 is 0 Å². The van der Waals surface area contributed by atoms with Crippen LogP contribution >= 0.6 is 0 Å². The summed E-state index contributed by atoms with van der Waals surface area (Å²) in [4.78, 5) is 7.12. The lowest BCUT2D eigenvalue weighted by Gasteiger charge is -2.19. The number of hydrogen-bond acceptors (Lipinski definition) is 4. The van der Waals surface area contributed by atoms with Gasteiger partial charge in [-0.1, -0.05) is 6.07 Å². The number of hydrogen-bond donors (Lipinski definition) is 1. The number of nitrogens with zero attached hydrogens (tertiary/aromatic N) is 3. The molecule has 6 nitrogen and oxygen atoms in total. The zero-order valence-electron chi connectivity index (χ0n) is 14.2. The summed E-state index contributed by atoms with van der Waals surface area (Å²) in [6.45, 7) is 3.67. The Morgan fingerprint density at radius 1 is 1.28 bits per heavy atom. The molecule has 0 atom stereocenters. The molecule has 0 saturated heterocycles. The first kappa shape index (κ1) is 16.1. The van der Waals surface area contributed by atoms with Crippen LogP contribution in [0.25, 0.3) is 5.65 Å². The van der Waals surface area contributed by atoms with Crippen molar-refractivity contribution < 1.29 is 8.42 Å². The highest BCUT2D eigenvalue weighted by molar-refractivity contribution is 7.89. The average Bonchev–Trinajstić information content (AvgIpc) is 3.20. The summed E-state index contributed by atoms with van der Waals surface area (Å²) in [5.41, 5.74) is 5.42. The van der Waals surface area contributed by atoms with Crippen LogP contribution < -0.4 is 9.62 Å². The summed E-state index contributed by atoms with van der Waals surface area (Å²) in [6.07, 6.45) is 4.79. The van der Waals surface area contributed by atoms with E-state index in [1.54, 1.807) is 12.1 Å². The Hall–Kier alpha value is -2.38. The van der Waals surface area contributed by atoms with Crippen LogP contribution in [0.3, 0.4) is 0 Å². The van der Waals surface area contributed by atoms with E-state index in [1.165, 1.54) is 7.05 Å². The number of sulfonamides is 1. The minimum absolute atomic E-state index is 0.320. The highest BCUT2D eigenvalue weighted by Crippen LogP contribution is 2.31. The zero-order chi connectivity index (χ0) is 17.6. The molecule has 0 bridgehead atoms. The lowest BCUT2D eigenvalue weighted by molar-refractivity contribution is 0.588. The predicted octanol–water partition coefficient (Wildman–Crippen LogP) is 2.11. The van der Waals surface area contributed by atoms with Crippen molar-refractivity contribution in [3.05, 3.63) is 59.5 Å². The Bertz CT molecular complexity index is 1060. The Balaban J connectivity index is 1.66. The fourth-order valence-corrected chi connectivity index (χ4v) is 4.19. The topological polar surface area (TPSA) is 66.7 Å². The second-order valence-electron chi connectivity index (χ2n) is 6.30. The minimum Gasteiger partial charge on any atom is -0.365 e. The first-order valence-corrected chi connectivity index (χ1v) is 9.71. The molecular formula is C18H20N4O2S. The maximum atomic E-state index is 12.0. The molecule has 3 aromatic rings. The monoisotopic (exact) mass is 356 g/mol. The van der Waals surface area contributed by atoms with Crippen LogP contribution in [0.5, 0.6) is 0 Å². The van der Waals surface area contributed by atoms with E-state index in [0.29, 0.717) is 4.90 Å². The number of nitrogens with one attached hydrogen (secondary N) is 1. The third kappa shape index (κ3) is 2.69. The van der Waals surface area contributed by atoms with Crippen molar-refractivity contribution in [1.82, 2.24) is 14.1 Å². The summed E-state index contributed by atoms with van der Waals surface area (Å²) >= 11 is 0. The summed E-state index contributed by atoms with van der Waals surface area (Å²) < 4.78 is 28.4. The highest BCUT2D eigenvalue weighted by Gasteiger charge is 2.23. The van der Waals surface area contributed by atoms with Gasteiger partial charge in [-0.2, -0.15) is 0 Å². The van der Waals surface area contributed by atoms with E-state index < -0.39 is 10.0 Å². The standard InChI is InChI=1S/C18H20N4O2S/c1-13-4-3-8-22-15(11-20-18(13)22)12-21-9-7-14-10-16(5-6-17(14)21)25(23,24)19-2/h3-6,8,10-11,19H,7,9,12H2,1-2H3. The molecule has 4 rings (SSSR count). The smallest absolute Gasteiger partial charge is 0.240 e. The molecular weight excluding hydrogens is 336 g/mol. The van der Waals surface area contributed by atoms with Gasteiger partial charge in [0, 0.05) is 18.4 Å². The summed E-state index contributed by atoms with van der Waals surface area (Å²) in [5.74, 6) is 0. The fourth-order valence-electron chi connectivity index (χ4n) is 3.41. The molecule has 0 fully saturated rings. The van der Waals surface area contributed by atoms with Gasteiger partial charge in [-0.05, 0) is 55.8 Å². The van der Waals surface area contributed by atoms with E-state index in [0.717, 1.165) is 47.7 Å². The van der Waals surface area contributed by atoms with Crippen molar-refractivity contribution in [2.45, 2.75) is 24.8 Å². The predicted molar refractivity (Wildman–Crippen MR) is 97.4 cm³/mol. The van der Waals surface area contributed by atoms with Crippen molar-refractivity contribution >= 4 is 21.4 Å². The number of aromatic nitrogens is 2. The molecule has 3 heterocycles. The van der Waals surface area contributed by atoms with Crippen LogP contribution in [0.1, 0.15) is 16.8 Å². The molecule has 2 aromatic heterocycles. The molecule has 130 valence electrons. The summed E-state index contributed by atoms with van der Waals surface area (Å²) in [5, 5.41) is 0. The second kappa shape index (κ2) is 5.86. The number of pyridine rings is 1. The van der Waals surface area contributed by atoms with Crippen LogP contribution in [0.4, 0.5) is 5.69 Å². The van der Waals surface area contributed by atoms with Gasteiger partial charge in [-0.15, -0.1) is 0 Å². The van der Waals surface area contributed by atoms with Crippen LogP contribution in [-0.4, -0.2) is 31.4 Å². The normalized spacial score (nSPS) is 14.2. The van der Waals surface area contributed by atoms with E-state index in [2.05, 4.69) is 32.0 Å². The Morgan fingerprint density at radius 3 is 2.92 bits per heavy atom. The molecule has 0 amide bonds. The first-order valence-electron chi connectivity index (χ1n) is 8.22. The molecule has 0 unspecified atom stereocenters. The molecule has 1 aromatic carbocycles. The molecule has 0 radical (unpaired) electrons. The summed E-state index contributed by atoms with van der Waals surface area (Å²) in [6, 6.07) is 9.43. The van der Waals surface area contributed by atoms with Gasteiger partial charge in [-0.25, -0.2) is 18.1 Å². The maximum absolute atomic E-state index is 12.0. The zero-order valence-corrected chi connectivity index (χ0v) is 15.0. The molecule has 1 aliphatic rings. The number of rotatable bonds is 4. The number of fused-ring (bicyclic) bond motifs is 2. The lowest BCUT2D eigenvalue weighted by Crippen LogP contribution is -2.21. The van der Waals surface area contributed by atoms with Crippen molar-refractivity contribution in [3.8, 4) is 0 Å². The molecule has 0 spiro atoms. The van der Waals surface area contributed by atoms with Gasteiger partial charge < -0.3 is 9.30 Å². The van der Waals surface area contributed by atoms with Crippen molar-refractivity contribution in [3.63, 3.8) is 0 Å². The lowest BCUT2D eigenvalue weighted by atomic mass is 10.2. The number of aryl methyl sites for hydroxylation is 1. The molecule has 25 heavy (non-hydrogen) atoms. The molecule has 7 heteroatoms. The maximum Gasteiger partial charge on any atom is 0.240 e. The van der Waals surface area contributed by atoms with Crippen LogP contribution in [0.15, 0.2) is 47.6 Å². The third-order valence-corrected chi connectivity index (χ3v) is 6.19. The number of benzene rings is 1. The Kier molecular flexibility index (Phi) is 3.77. The van der Waals surface area contributed by atoms with Crippen molar-refractivity contribution in [2.75, 3.05) is 18.5 Å². The van der Waals surface area contributed by atoms with Gasteiger partial charge in [0.2, 0.25) is 10.0 Å². The average molecular weight is 356 g/mol.